The van der Waals surface area contributed by atoms with E-state index in [1.165, 1.54) is 4.90 Å². The van der Waals surface area contributed by atoms with Gasteiger partial charge in [0.15, 0.2) is 0 Å². The van der Waals surface area contributed by atoms with Crippen molar-refractivity contribution in [2.45, 2.75) is 12.8 Å². The van der Waals surface area contributed by atoms with E-state index in [4.69, 9.17) is 5.26 Å². The second kappa shape index (κ2) is 5.76. The Bertz CT molecular complexity index is 407. The number of carbonyl (C=O) groups is 1. The van der Waals surface area contributed by atoms with Crippen molar-refractivity contribution in [1.82, 2.24) is 4.90 Å². The van der Waals surface area contributed by atoms with Gasteiger partial charge in [-0.3, -0.25) is 0 Å². The highest BCUT2D eigenvalue weighted by Gasteiger charge is 2.03. The van der Waals surface area contributed by atoms with Crippen LogP contribution in [0.2, 0.25) is 0 Å². The molecule has 0 unspecified atom stereocenters. The SMILES string of the molecule is CN(C)C(=O)Nc1cccc(CCC#N)c1. The standard InChI is InChI=1S/C12H15N3O/c1-15(2)12(16)14-11-7-3-5-10(9-11)6-4-8-13/h3,5,7,9H,4,6H2,1-2H3,(H,14,16). The molecule has 16 heavy (non-hydrogen) atoms. The van der Waals surface area contributed by atoms with E-state index >= 15 is 0 Å². The molecule has 1 rings (SSSR count). The van der Waals surface area contributed by atoms with Crippen LogP contribution in [0.25, 0.3) is 0 Å². The zero-order chi connectivity index (χ0) is 12.0. The summed E-state index contributed by atoms with van der Waals surface area (Å²) < 4.78 is 0. The Hall–Kier alpha value is -2.02. The molecule has 0 aromatic heterocycles. The Balaban J connectivity index is 2.68. The van der Waals surface area contributed by atoms with E-state index in [9.17, 15) is 4.79 Å². The highest BCUT2D eigenvalue weighted by Crippen LogP contribution is 2.12. The number of amides is 2. The molecule has 0 aliphatic carbocycles. The second-order valence-corrected chi connectivity index (χ2v) is 3.68. The lowest BCUT2D eigenvalue weighted by Crippen LogP contribution is -2.27. The van der Waals surface area contributed by atoms with Gasteiger partial charge in [0.25, 0.3) is 0 Å². The van der Waals surface area contributed by atoms with Crippen LogP contribution in [0.5, 0.6) is 0 Å². The molecule has 84 valence electrons. The summed E-state index contributed by atoms with van der Waals surface area (Å²) in [6.07, 6.45) is 1.20. The van der Waals surface area contributed by atoms with E-state index in [0.717, 1.165) is 11.3 Å². The fraction of sp³-hybridized carbons (Fsp3) is 0.333. The van der Waals surface area contributed by atoms with Gasteiger partial charge in [0.05, 0.1) is 6.07 Å². The molecule has 0 bridgehead atoms. The first-order valence-electron chi connectivity index (χ1n) is 5.07. The van der Waals surface area contributed by atoms with Gasteiger partial charge < -0.3 is 10.2 Å². The van der Waals surface area contributed by atoms with Crippen LogP contribution in [0.3, 0.4) is 0 Å². The predicted molar refractivity (Wildman–Crippen MR) is 63.1 cm³/mol. The molecule has 0 spiro atoms. The normalized spacial score (nSPS) is 9.31. The average Bonchev–Trinajstić information content (AvgIpc) is 2.26. The smallest absolute Gasteiger partial charge is 0.321 e. The number of anilines is 1. The number of benzene rings is 1. The maximum Gasteiger partial charge on any atom is 0.321 e. The van der Waals surface area contributed by atoms with Crippen LogP contribution in [0.4, 0.5) is 10.5 Å². The summed E-state index contributed by atoms with van der Waals surface area (Å²) in [5.41, 5.74) is 1.81. The Labute approximate surface area is 95.5 Å². The van der Waals surface area contributed by atoms with E-state index in [-0.39, 0.29) is 6.03 Å². The Morgan fingerprint density at radius 2 is 2.25 bits per heavy atom. The molecule has 4 nitrogen and oxygen atoms in total. The Kier molecular flexibility index (Phi) is 4.34. The van der Waals surface area contributed by atoms with Crippen molar-refractivity contribution in [2.24, 2.45) is 0 Å². The molecular formula is C12H15N3O. The molecule has 0 heterocycles. The monoisotopic (exact) mass is 217 g/mol. The average molecular weight is 217 g/mol. The lowest BCUT2D eigenvalue weighted by molar-refractivity contribution is 0.230. The van der Waals surface area contributed by atoms with E-state index in [1.807, 2.05) is 24.3 Å². The minimum atomic E-state index is -0.155. The summed E-state index contributed by atoms with van der Waals surface area (Å²) >= 11 is 0. The first-order chi connectivity index (χ1) is 7.63. The predicted octanol–water partition coefficient (Wildman–Crippen LogP) is 2.24. The molecule has 0 radical (unpaired) electrons. The van der Waals surface area contributed by atoms with Crippen molar-refractivity contribution in [3.63, 3.8) is 0 Å². The number of urea groups is 1. The summed E-state index contributed by atoms with van der Waals surface area (Å²) in [5, 5.41) is 11.3. The quantitative estimate of drug-likeness (QED) is 0.844. The molecule has 0 fully saturated rings. The van der Waals surface area contributed by atoms with Gasteiger partial charge in [0.1, 0.15) is 0 Å². The zero-order valence-electron chi connectivity index (χ0n) is 9.53. The van der Waals surface area contributed by atoms with Gasteiger partial charge in [-0.1, -0.05) is 12.1 Å². The van der Waals surface area contributed by atoms with Gasteiger partial charge in [0.2, 0.25) is 0 Å². The summed E-state index contributed by atoms with van der Waals surface area (Å²) in [6, 6.07) is 9.48. The Morgan fingerprint density at radius 1 is 1.50 bits per heavy atom. The number of carbonyl (C=O) groups excluding carboxylic acids is 1. The molecule has 0 aliphatic rings. The van der Waals surface area contributed by atoms with Crippen LogP contribution in [0, 0.1) is 11.3 Å². The summed E-state index contributed by atoms with van der Waals surface area (Å²) in [4.78, 5) is 12.9. The van der Waals surface area contributed by atoms with Crippen LogP contribution in [-0.4, -0.2) is 25.0 Å². The first kappa shape index (κ1) is 12.1. The van der Waals surface area contributed by atoms with Crippen molar-refractivity contribution in [2.75, 3.05) is 19.4 Å². The molecule has 0 saturated heterocycles. The van der Waals surface area contributed by atoms with Gasteiger partial charge >= 0.3 is 6.03 Å². The Morgan fingerprint density at radius 3 is 2.88 bits per heavy atom. The zero-order valence-corrected chi connectivity index (χ0v) is 9.53. The number of nitrogens with zero attached hydrogens (tertiary/aromatic N) is 2. The molecule has 0 atom stereocenters. The fourth-order valence-electron chi connectivity index (χ4n) is 1.24. The number of hydrogen-bond acceptors (Lipinski definition) is 2. The first-order valence-corrected chi connectivity index (χ1v) is 5.07. The van der Waals surface area contributed by atoms with Crippen molar-refractivity contribution >= 4 is 11.7 Å². The molecule has 2 amide bonds. The molecule has 0 aliphatic heterocycles. The number of nitriles is 1. The summed E-state index contributed by atoms with van der Waals surface area (Å²) in [6.45, 7) is 0. The largest absolute Gasteiger partial charge is 0.331 e. The van der Waals surface area contributed by atoms with Gasteiger partial charge in [-0.15, -0.1) is 0 Å². The van der Waals surface area contributed by atoms with Crippen LogP contribution in [0.1, 0.15) is 12.0 Å². The maximum absolute atomic E-state index is 11.4. The fourth-order valence-corrected chi connectivity index (χ4v) is 1.24. The lowest BCUT2D eigenvalue weighted by Gasteiger charge is -2.12. The third-order valence-corrected chi connectivity index (χ3v) is 2.11. The molecular weight excluding hydrogens is 202 g/mol. The highest BCUT2D eigenvalue weighted by atomic mass is 16.2. The van der Waals surface area contributed by atoms with E-state index in [0.29, 0.717) is 12.8 Å². The van der Waals surface area contributed by atoms with Gasteiger partial charge in [-0.2, -0.15) is 5.26 Å². The molecule has 1 N–H and O–H groups in total. The third kappa shape index (κ3) is 3.62. The van der Waals surface area contributed by atoms with Gasteiger partial charge in [-0.25, -0.2) is 4.79 Å². The number of hydrogen-bond donors (Lipinski definition) is 1. The number of aryl methyl sites for hydroxylation is 1. The van der Waals surface area contributed by atoms with Crippen LogP contribution >= 0.6 is 0 Å². The topological polar surface area (TPSA) is 56.1 Å². The summed E-state index contributed by atoms with van der Waals surface area (Å²) in [7, 11) is 3.38. The minimum Gasteiger partial charge on any atom is -0.331 e. The molecule has 1 aromatic carbocycles. The number of nitrogens with one attached hydrogen (secondary N) is 1. The van der Waals surface area contributed by atoms with Crippen LogP contribution in [0.15, 0.2) is 24.3 Å². The van der Waals surface area contributed by atoms with E-state index in [2.05, 4.69) is 11.4 Å². The van der Waals surface area contributed by atoms with Gasteiger partial charge in [0, 0.05) is 26.2 Å². The van der Waals surface area contributed by atoms with E-state index in [1.54, 1.807) is 14.1 Å². The van der Waals surface area contributed by atoms with Crippen molar-refractivity contribution in [3.8, 4) is 6.07 Å². The molecule has 4 heteroatoms. The van der Waals surface area contributed by atoms with Crippen LogP contribution < -0.4 is 5.32 Å². The minimum absolute atomic E-state index is 0.155. The lowest BCUT2D eigenvalue weighted by atomic mass is 10.1. The third-order valence-electron chi connectivity index (χ3n) is 2.11. The van der Waals surface area contributed by atoms with Gasteiger partial charge in [-0.05, 0) is 24.1 Å². The van der Waals surface area contributed by atoms with Crippen LogP contribution in [-0.2, 0) is 6.42 Å². The summed E-state index contributed by atoms with van der Waals surface area (Å²) in [5.74, 6) is 0. The van der Waals surface area contributed by atoms with Crippen molar-refractivity contribution < 1.29 is 4.79 Å². The highest BCUT2D eigenvalue weighted by molar-refractivity contribution is 5.88. The molecule has 0 saturated carbocycles. The second-order valence-electron chi connectivity index (χ2n) is 3.68. The maximum atomic E-state index is 11.4. The number of rotatable bonds is 3. The van der Waals surface area contributed by atoms with E-state index < -0.39 is 0 Å². The van der Waals surface area contributed by atoms with Crippen molar-refractivity contribution in [3.05, 3.63) is 29.8 Å². The molecule has 1 aromatic rings. The van der Waals surface area contributed by atoms with Crippen molar-refractivity contribution in [1.29, 1.82) is 5.26 Å².